The molecular weight excluding hydrogens is 604 g/mol. The zero-order chi connectivity index (χ0) is 32.8. The van der Waals surface area contributed by atoms with Crippen molar-refractivity contribution in [2.45, 2.75) is 51.3 Å². The van der Waals surface area contributed by atoms with Crippen LogP contribution in [0, 0.1) is 5.92 Å². The van der Waals surface area contributed by atoms with Gasteiger partial charge in [0.25, 0.3) is 0 Å². The van der Waals surface area contributed by atoms with Gasteiger partial charge >= 0.3 is 12.4 Å². The van der Waals surface area contributed by atoms with Crippen molar-refractivity contribution in [2.75, 3.05) is 39.3 Å². The lowest BCUT2D eigenvalue weighted by Crippen LogP contribution is -2.60. The summed E-state index contributed by atoms with van der Waals surface area (Å²) in [7, 11) is 0. The minimum atomic E-state index is -4.81. The Balaban J connectivity index is 1.30. The standard InChI is InChI=1S/C31H37F6N5O3/c1-21(2)16-25-17-23(39-42(25)24-6-4-3-5-7-24)18-38-29(44)28(31(35,36)37)41-14-12-40(13-15-41)19-26(43)20-45-27-10-8-22(9-11-27)30(32,33)34/h3-11,17,21,26,28,43H,12-16,18-20H2,1-2H3,(H,38,44)/t26?,28-/m0/s1. The van der Waals surface area contributed by atoms with E-state index < -0.39 is 36.0 Å². The maximum absolute atomic E-state index is 14.1. The summed E-state index contributed by atoms with van der Waals surface area (Å²) in [5.41, 5.74) is 1.32. The van der Waals surface area contributed by atoms with Crippen LogP contribution in [-0.2, 0) is 23.9 Å². The number of hydrogen-bond donors (Lipinski definition) is 2. The quantitative estimate of drug-likeness (QED) is 0.280. The Bertz CT molecular complexity index is 1370. The second-order valence-electron chi connectivity index (χ2n) is 11.5. The third-order valence-corrected chi connectivity index (χ3v) is 7.32. The van der Waals surface area contributed by atoms with Crippen LogP contribution >= 0.6 is 0 Å². The summed E-state index contributed by atoms with van der Waals surface area (Å²) in [6.45, 7) is 4.01. The van der Waals surface area contributed by atoms with E-state index in [1.165, 1.54) is 0 Å². The fourth-order valence-electron chi connectivity index (χ4n) is 5.20. The van der Waals surface area contributed by atoms with E-state index in [4.69, 9.17) is 4.74 Å². The van der Waals surface area contributed by atoms with E-state index in [1.807, 2.05) is 30.3 Å². The van der Waals surface area contributed by atoms with Gasteiger partial charge in [0, 0.05) is 38.4 Å². The number of para-hydroxylation sites is 1. The number of alkyl halides is 6. The first kappa shape index (κ1) is 34.3. The van der Waals surface area contributed by atoms with Gasteiger partial charge in [-0.2, -0.15) is 31.4 Å². The zero-order valence-electron chi connectivity index (χ0n) is 25.0. The van der Waals surface area contributed by atoms with Crippen molar-refractivity contribution >= 4 is 5.91 Å². The Morgan fingerprint density at radius 2 is 1.62 bits per heavy atom. The maximum Gasteiger partial charge on any atom is 0.416 e. The Kier molecular flexibility index (Phi) is 11.2. The Morgan fingerprint density at radius 3 is 2.20 bits per heavy atom. The van der Waals surface area contributed by atoms with Crippen molar-refractivity contribution in [1.29, 1.82) is 0 Å². The molecule has 2 heterocycles. The number of β-amino-alcohol motifs (C(OH)–C–C–N with tert-alkyl or cyclic N) is 1. The molecule has 0 aliphatic carbocycles. The van der Waals surface area contributed by atoms with E-state index in [0.29, 0.717) is 18.0 Å². The molecule has 0 radical (unpaired) electrons. The molecule has 0 saturated carbocycles. The number of aromatic nitrogens is 2. The van der Waals surface area contributed by atoms with E-state index in [-0.39, 0.29) is 51.6 Å². The summed E-state index contributed by atoms with van der Waals surface area (Å²) in [5.74, 6) is -0.706. The Hall–Kier alpha value is -3.62. The Labute approximate surface area is 257 Å². The average molecular weight is 642 g/mol. The molecule has 0 bridgehead atoms. The van der Waals surface area contributed by atoms with Crippen LogP contribution in [-0.4, -0.2) is 88.2 Å². The van der Waals surface area contributed by atoms with Gasteiger partial charge in [-0.15, -0.1) is 0 Å². The van der Waals surface area contributed by atoms with E-state index in [0.717, 1.165) is 40.5 Å². The molecular formula is C31H37F6N5O3. The van der Waals surface area contributed by atoms with Gasteiger partial charge in [0.1, 0.15) is 18.5 Å². The summed E-state index contributed by atoms with van der Waals surface area (Å²) >= 11 is 0. The highest BCUT2D eigenvalue weighted by atomic mass is 19.4. The first-order valence-corrected chi connectivity index (χ1v) is 14.6. The van der Waals surface area contributed by atoms with Crippen molar-refractivity contribution in [2.24, 2.45) is 5.92 Å². The van der Waals surface area contributed by atoms with E-state index in [1.54, 1.807) is 15.6 Å². The number of ether oxygens (including phenoxy) is 1. The number of nitrogens with zero attached hydrogens (tertiary/aromatic N) is 4. The van der Waals surface area contributed by atoms with Gasteiger partial charge in [0.05, 0.1) is 23.5 Å². The second kappa shape index (κ2) is 14.6. The molecule has 4 rings (SSSR count). The highest BCUT2D eigenvalue weighted by Gasteiger charge is 2.49. The van der Waals surface area contributed by atoms with Gasteiger partial charge in [-0.3, -0.25) is 14.6 Å². The van der Waals surface area contributed by atoms with Crippen LogP contribution in [0.5, 0.6) is 5.75 Å². The molecule has 2 N–H and O–H groups in total. The molecule has 1 amide bonds. The highest BCUT2D eigenvalue weighted by Crippen LogP contribution is 2.30. The number of nitrogens with one attached hydrogen (secondary N) is 1. The number of hydrogen-bond acceptors (Lipinski definition) is 6. The van der Waals surface area contributed by atoms with Crippen LogP contribution < -0.4 is 10.1 Å². The molecule has 246 valence electrons. The SMILES string of the molecule is CC(C)Cc1cc(CNC(=O)[C@H](N2CCN(CC(O)COc3ccc(C(F)(F)F)cc3)CC2)C(F)(F)F)nn1-c1ccccc1. The lowest BCUT2D eigenvalue weighted by atomic mass is 10.1. The monoisotopic (exact) mass is 641 g/mol. The van der Waals surface area contributed by atoms with Crippen LogP contribution in [0.15, 0.2) is 60.7 Å². The number of rotatable bonds is 12. The topological polar surface area (TPSA) is 82.9 Å². The molecule has 2 aromatic carbocycles. The van der Waals surface area contributed by atoms with Gasteiger partial charge in [-0.25, -0.2) is 4.68 Å². The molecule has 3 aromatic rings. The van der Waals surface area contributed by atoms with Gasteiger partial charge in [0.2, 0.25) is 5.91 Å². The molecule has 1 aromatic heterocycles. The minimum absolute atomic E-state index is 0.0642. The van der Waals surface area contributed by atoms with Gasteiger partial charge < -0.3 is 15.2 Å². The van der Waals surface area contributed by atoms with E-state index in [2.05, 4.69) is 24.3 Å². The summed E-state index contributed by atoms with van der Waals surface area (Å²) in [4.78, 5) is 15.7. The van der Waals surface area contributed by atoms with Gasteiger partial charge in [0.15, 0.2) is 6.04 Å². The normalized spacial score (nSPS) is 16.5. The second-order valence-corrected chi connectivity index (χ2v) is 11.5. The van der Waals surface area contributed by atoms with Crippen LogP contribution in [0.2, 0.25) is 0 Å². The van der Waals surface area contributed by atoms with Crippen molar-refractivity contribution < 1.29 is 41.0 Å². The van der Waals surface area contributed by atoms with Gasteiger partial charge in [-0.1, -0.05) is 32.0 Å². The minimum Gasteiger partial charge on any atom is -0.491 e. The Morgan fingerprint density at radius 1 is 0.978 bits per heavy atom. The molecule has 1 aliphatic rings. The first-order valence-electron chi connectivity index (χ1n) is 14.6. The number of piperazine rings is 1. The highest BCUT2D eigenvalue weighted by molar-refractivity contribution is 5.82. The van der Waals surface area contributed by atoms with Gasteiger partial charge in [-0.05, 0) is 54.8 Å². The molecule has 14 heteroatoms. The van der Waals surface area contributed by atoms with Crippen LogP contribution in [0.3, 0.4) is 0 Å². The lowest BCUT2D eigenvalue weighted by Gasteiger charge is -2.39. The largest absolute Gasteiger partial charge is 0.491 e. The number of aliphatic hydroxyl groups excluding tert-OH is 1. The first-order chi connectivity index (χ1) is 21.2. The number of aliphatic hydroxyl groups is 1. The smallest absolute Gasteiger partial charge is 0.416 e. The summed E-state index contributed by atoms with van der Waals surface area (Å²) in [6, 6.07) is 12.8. The molecule has 1 fully saturated rings. The molecule has 1 unspecified atom stereocenters. The summed E-state index contributed by atoms with van der Waals surface area (Å²) in [5, 5.41) is 17.3. The van der Waals surface area contributed by atoms with Crippen molar-refractivity contribution in [3.8, 4) is 11.4 Å². The molecule has 8 nitrogen and oxygen atoms in total. The number of amides is 1. The van der Waals surface area contributed by atoms with Crippen molar-refractivity contribution in [3.05, 3.63) is 77.6 Å². The number of halogens is 6. The fourth-order valence-corrected chi connectivity index (χ4v) is 5.20. The van der Waals surface area contributed by atoms with Crippen LogP contribution in [0.25, 0.3) is 5.69 Å². The fraction of sp³-hybridized carbons (Fsp3) is 0.484. The van der Waals surface area contributed by atoms with E-state index >= 15 is 0 Å². The zero-order valence-corrected chi connectivity index (χ0v) is 25.0. The predicted molar refractivity (Wildman–Crippen MR) is 155 cm³/mol. The third kappa shape index (κ3) is 9.68. The molecule has 1 aliphatic heterocycles. The maximum atomic E-state index is 14.1. The average Bonchev–Trinajstić information content (AvgIpc) is 3.37. The van der Waals surface area contributed by atoms with Crippen LogP contribution in [0.1, 0.15) is 30.8 Å². The van der Waals surface area contributed by atoms with Crippen molar-refractivity contribution in [1.82, 2.24) is 24.9 Å². The van der Waals surface area contributed by atoms with E-state index in [9.17, 15) is 36.2 Å². The number of carbonyl (C=O) groups excluding carboxylic acids is 1. The predicted octanol–water partition coefficient (Wildman–Crippen LogP) is 4.69. The van der Waals surface area contributed by atoms with Crippen molar-refractivity contribution in [3.63, 3.8) is 0 Å². The molecule has 0 spiro atoms. The van der Waals surface area contributed by atoms with Crippen LogP contribution in [0.4, 0.5) is 26.3 Å². The summed E-state index contributed by atoms with van der Waals surface area (Å²) < 4.78 is 87.6. The third-order valence-electron chi connectivity index (χ3n) is 7.32. The molecule has 1 saturated heterocycles. The number of carbonyl (C=O) groups is 1. The number of benzene rings is 2. The summed E-state index contributed by atoms with van der Waals surface area (Å²) in [6.07, 6.45) is -9.62. The molecule has 2 atom stereocenters. The molecule has 45 heavy (non-hydrogen) atoms. The lowest BCUT2D eigenvalue weighted by molar-refractivity contribution is -0.192.